The Bertz CT molecular complexity index is 1140. The number of ether oxygens (including phenoxy) is 1. The Morgan fingerprint density at radius 3 is 2.34 bits per heavy atom. The number of rotatable bonds is 8. The van der Waals surface area contributed by atoms with Gasteiger partial charge in [-0.05, 0) is 35.6 Å². The van der Waals surface area contributed by atoms with Gasteiger partial charge < -0.3 is 9.64 Å². The van der Waals surface area contributed by atoms with Crippen LogP contribution in [0.2, 0.25) is 0 Å². The highest BCUT2D eigenvalue weighted by molar-refractivity contribution is 6.03. The lowest BCUT2D eigenvalue weighted by molar-refractivity contribution is -0.142. The van der Waals surface area contributed by atoms with Crippen LogP contribution in [0.5, 0.6) is 0 Å². The molecular weight excluding hydrogens is 483 g/mol. The van der Waals surface area contributed by atoms with Gasteiger partial charge in [0.15, 0.2) is 0 Å². The molecule has 0 bridgehead atoms. The van der Waals surface area contributed by atoms with Gasteiger partial charge in [-0.3, -0.25) is 14.5 Å². The van der Waals surface area contributed by atoms with Crippen LogP contribution < -0.4 is 0 Å². The summed E-state index contributed by atoms with van der Waals surface area (Å²) in [5.74, 6) is -0.575. The zero-order chi connectivity index (χ0) is 27.3. The lowest BCUT2D eigenvalue weighted by atomic mass is 9.91. The number of hydrazone groups is 1. The summed E-state index contributed by atoms with van der Waals surface area (Å²) in [6, 6.07) is 14.0. The van der Waals surface area contributed by atoms with E-state index in [-0.39, 0.29) is 35.6 Å². The van der Waals surface area contributed by atoms with E-state index < -0.39 is 0 Å². The summed E-state index contributed by atoms with van der Waals surface area (Å²) in [6.45, 7) is 12.2. The minimum Gasteiger partial charge on any atom is -0.379 e. The maximum absolute atomic E-state index is 13.8. The normalized spacial score (nSPS) is 18.4. The molecule has 2 heterocycles. The predicted molar refractivity (Wildman–Crippen MR) is 146 cm³/mol. The quantitative estimate of drug-likeness (QED) is 0.515. The molecule has 0 saturated carbocycles. The van der Waals surface area contributed by atoms with Crippen molar-refractivity contribution >= 4 is 17.5 Å². The summed E-state index contributed by atoms with van der Waals surface area (Å²) in [4.78, 5) is 31.1. The van der Waals surface area contributed by atoms with Crippen molar-refractivity contribution in [2.75, 3.05) is 45.9 Å². The SMILES string of the molecule is Cc1ccc([C@H]2CC(c3ccc(F)cc3)=NN2C(=O)CN(CCN2CCOCC2)C(=O)CC(C)(C)C)cc1. The Labute approximate surface area is 225 Å². The number of nitrogens with zero attached hydrogens (tertiary/aromatic N) is 4. The highest BCUT2D eigenvalue weighted by atomic mass is 19.1. The molecule has 8 heteroatoms. The first-order chi connectivity index (χ1) is 18.1. The van der Waals surface area contributed by atoms with Crippen LogP contribution in [0.3, 0.4) is 0 Å². The third kappa shape index (κ3) is 7.48. The monoisotopic (exact) mass is 522 g/mol. The van der Waals surface area contributed by atoms with E-state index in [1.54, 1.807) is 17.0 Å². The number of aryl methyl sites for hydroxylation is 1. The van der Waals surface area contributed by atoms with Gasteiger partial charge in [0.1, 0.15) is 12.4 Å². The highest BCUT2D eigenvalue weighted by Crippen LogP contribution is 2.33. The van der Waals surface area contributed by atoms with Crippen molar-refractivity contribution in [3.05, 3.63) is 71.0 Å². The van der Waals surface area contributed by atoms with Gasteiger partial charge in [-0.15, -0.1) is 0 Å². The average Bonchev–Trinajstić information content (AvgIpc) is 3.32. The molecule has 0 N–H and O–H groups in total. The van der Waals surface area contributed by atoms with E-state index in [4.69, 9.17) is 9.84 Å². The van der Waals surface area contributed by atoms with E-state index in [0.29, 0.717) is 39.1 Å². The van der Waals surface area contributed by atoms with E-state index in [0.717, 1.165) is 35.5 Å². The Morgan fingerprint density at radius 2 is 1.71 bits per heavy atom. The molecule has 2 aliphatic heterocycles. The first-order valence-corrected chi connectivity index (χ1v) is 13.4. The summed E-state index contributed by atoms with van der Waals surface area (Å²) in [7, 11) is 0. The maximum atomic E-state index is 13.8. The van der Waals surface area contributed by atoms with E-state index in [9.17, 15) is 14.0 Å². The first kappa shape index (κ1) is 27.9. The van der Waals surface area contributed by atoms with Gasteiger partial charge in [0, 0.05) is 39.0 Å². The molecule has 2 aromatic carbocycles. The van der Waals surface area contributed by atoms with Crippen LogP contribution in [0.1, 0.15) is 56.3 Å². The molecule has 0 aliphatic carbocycles. The molecule has 2 aliphatic rings. The van der Waals surface area contributed by atoms with E-state index in [2.05, 4.69) is 4.90 Å². The molecule has 1 saturated heterocycles. The van der Waals surface area contributed by atoms with Gasteiger partial charge in [-0.25, -0.2) is 9.40 Å². The summed E-state index contributed by atoms with van der Waals surface area (Å²) in [5.41, 5.74) is 3.43. The number of carbonyl (C=O) groups is 2. The highest BCUT2D eigenvalue weighted by Gasteiger charge is 2.35. The second-order valence-electron chi connectivity index (χ2n) is 11.4. The standard InChI is InChI=1S/C30H39FN4O3/c1-22-5-7-24(8-6-22)27-19-26(23-9-11-25(31)12-10-23)32-35(27)29(37)21-34(28(36)20-30(2,3)4)14-13-33-15-17-38-18-16-33/h5-12,27H,13-21H2,1-4H3/t27-/m1/s1. The van der Waals surface area contributed by atoms with Crippen molar-refractivity contribution < 1.29 is 18.7 Å². The van der Waals surface area contributed by atoms with Crippen molar-refractivity contribution in [3.8, 4) is 0 Å². The fraction of sp³-hybridized carbons (Fsp3) is 0.500. The maximum Gasteiger partial charge on any atom is 0.262 e. The van der Waals surface area contributed by atoms with E-state index >= 15 is 0 Å². The smallest absolute Gasteiger partial charge is 0.262 e. The lowest BCUT2D eigenvalue weighted by Gasteiger charge is -2.32. The zero-order valence-corrected chi connectivity index (χ0v) is 23.0. The van der Waals surface area contributed by atoms with Crippen molar-refractivity contribution in [2.45, 2.75) is 46.6 Å². The predicted octanol–water partition coefficient (Wildman–Crippen LogP) is 4.41. The molecule has 1 fully saturated rings. The molecule has 7 nitrogen and oxygen atoms in total. The van der Waals surface area contributed by atoms with Gasteiger partial charge >= 0.3 is 0 Å². The van der Waals surface area contributed by atoms with Crippen molar-refractivity contribution in [1.82, 2.24) is 14.8 Å². The van der Waals surface area contributed by atoms with E-state index in [1.807, 2.05) is 52.0 Å². The number of carbonyl (C=O) groups excluding carboxylic acids is 2. The zero-order valence-electron chi connectivity index (χ0n) is 23.0. The largest absolute Gasteiger partial charge is 0.379 e. The van der Waals surface area contributed by atoms with Gasteiger partial charge in [0.2, 0.25) is 5.91 Å². The summed E-state index contributed by atoms with van der Waals surface area (Å²) >= 11 is 0. The van der Waals surface area contributed by atoms with Crippen LogP contribution in [0, 0.1) is 18.2 Å². The Balaban J connectivity index is 1.56. The molecule has 4 rings (SSSR count). The Kier molecular flexibility index (Phi) is 8.95. The first-order valence-electron chi connectivity index (χ1n) is 13.4. The summed E-state index contributed by atoms with van der Waals surface area (Å²) in [6.07, 6.45) is 0.874. The van der Waals surface area contributed by atoms with Crippen LogP contribution in [0.25, 0.3) is 0 Å². The minimum absolute atomic E-state index is 0.0343. The third-order valence-electron chi connectivity index (χ3n) is 6.96. The molecular formula is C30H39FN4O3. The second kappa shape index (κ2) is 12.2. The molecule has 1 atom stereocenters. The molecule has 2 aromatic rings. The van der Waals surface area contributed by atoms with Crippen molar-refractivity contribution in [2.24, 2.45) is 10.5 Å². The molecule has 0 radical (unpaired) electrons. The average molecular weight is 523 g/mol. The van der Waals surface area contributed by atoms with E-state index in [1.165, 1.54) is 17.1 Å². The summed E-state index contributed by atoms with van der Waals surface area (Å²) < 4.78 is 19.0. The molecule has 204 valence electrons. The minimum atomic E-state index is -0.316. The lowest BCUT2D eigenvalue weighted by Crippen LogP contribution is -2.47. The summed E-state index contributed by atoms with van der Waals surface area (Å²) in [5, 5.41) is 6.24. The van der Waals surface area contributed by atoms with Crippen LogP contribution in [-0.2, 0) is 14.3 Å². The van der Waals surface area contributed by atoms with Crippen LogP contribution in [0.15, 0.2) is 53.6 Å². The van der Waals surface area contributed by atoms with Gasteiger partial charge in [0.25, 0.3) is 5.91 Å². The van der Waals surface area contributed by atoms with Gasteiger partial charge in [-0.1, -0.05) is 62.7 Å². The Hall–Kier alpha value is -3.10. The topological polar surface area (TPSA) is 65.5 Å². The molecule has 0 aromatic heterocycles. The number of halogens is 1. The number of hydrogen-bond donors (Lipinski definition) is 0. The number of amides is 2. The molecule has 0 spiro atoms. The fourth-order valence-electron chi connectivity index (χ4n) is 4.79. The van der Waals surface area contributed by atoms with Gasteiger partial charge in [0.05, 0.1) is 25.0 Å². The second-order valence-corrected chi connectivity index (χ2v) is 11.4. The third-order valence-corrected chi connectivity index (χ3v) is 6.96. The van der Waals surface area contributed by atoms with Crippen LogP contribution in [-0.4, -0.2) is 78.3 Å². The molecule has 38 heavy (non-hydrogen) atoms. The molecule has 2 amide bonds. The Morgan fingerprint density at radius 1 is 1.05 bits per heavy atom. The fourth-order valence-corrected chi connectivity index (χ4v) is 4.79. The van der Waals surface area contributed by atoms with Crippen molar-refractivity contribution in [1.29, 1.82) is 0 Å². The number of benzene rings is 2. The number of hydrogen-bond acceptors (Lipinski definition) is 5. The van der Waals surface area contributed by atoms with Crippen molar-refractivity contribution in [3.63, 3.8) is 0 Å². The van der Waals surface area contributed by atoms with Crippen LogP contribution in [0.4, 0.5) is 4.39 Å². The molecule has 0 unspecified atom stereocenters. The van der Waals surface area contributed by atoms with Crippen LogP contribution >= 0.6 is 0 Å². The van der Waals surface area contributed by atoms with Gasteiger partial charge in [-0.2, -0.15) is 5.10 Å². The number of morpholine rings is 1.